The van der Waals surface area contributed by atoms with E-state index in [0.29, 0.717) is 6.54 Å². The molecule has 0 unspecified atom stereocenters. The van der Waals surface area contributed by atoms with Crippen molar-refractivity contribution in [2.24, 2.45) is 5.92 Å². The minimum absolute atomic E-state index is 0.0607. The maximum absolute atomic E-state index is 12.2. The van der Waals surface area contributed by atoms with Gasteiger partial charge in [0.15, 0.2) is 0 Å². The van der Waals surface area contributed by atoms with Crippen molar-refractivity contribution in [2.75, 3.05) is 13.2 Å². The Kier molecular flexibility index (Phi) is 6.12. The highest BCUT2D eigenvalue weighted by Gasteiger charge is 2.48. The first-order chi connectivity index (χ1) is 14.2. The molecule has 1 aliphatic carbocycles. The van der Waals surface area contributed by atoms with Crippen LogP contribution in [-0.4, -0.2) is 41.1 Å². The molecule has 2 aliphatic rings. The van der Waals surface area contributed by atoms with Gasteiger partial charge in [0.2, 0.25) is 5.91 Å². The normalized spacial score (nSPS) is 24.4. The number of nitrogens with one attached hydrogen (secondary N) is 1. The second kappa shape index (κ2) is 8.93. The van der Waals surface area contributed by atoms with Gasteiger partial charge in [-0.2, -0.15) is 0 Å². The summed E-state index contributed by atoms with van der Waals surface area (Å²) in [6, 6.07) is 19.2. The van der Waals surface area contributed by atoms with E-state index in [1.165, 1.54) is 16.7 Å². The first kappa shape index (κ1) is 19.9. The molecule has 4 nitrogen and oxygen atoms in total. The fraction of sp³-hybridized carbons (Fsp3) is 0.400. The molecule has 0 aromatic heterocycles. The number of hydrogen-bond acceptors (Lipinski definition) is 3. The van der Waals surface area contributed by atoms with E-state index in [2.05, 4.69) is 52.7 Å². The fourth-order valence-corrected chi connectivity index (χ4v) is 4.47. The highest BCUT2D eigenvalue weighted by molar-refractivity contribution is 5.80. The third kappa shape index (κ3) is 4.44. The molecule has 29 heavy (non-hydrogen) atoms. The molecule has 1 heterocycles. The molecule has 2 aromatic carbocycles. The summed E-state index contributed by atoms with van der Waals surface area (Å²) in [6.45, 7) is 3.53. The summed E-state index contributed by atoms with van der Waals surface area (Å²) in [5.41, 5.74) is 3.63. The number of benzene rings is 2. The van der Waals surface area contributed by atoms with Crippen LogP contribution >= 0.6 is 0 Å². The Morgan fingerprint density at radius 1 is 1.10 bits per heavy atom. The van der Waals surface area contributed by atoms with E-state index < -0.39 is 0 Å². The molecule has 1 saturated heterocycles. The van der Waals surface area contributed by atoms with E-state index in [4.69, 9.17) is 0 Å². The van der Waals surface area contributed by atoms with Crippen LogP contribution in [0.4, 0.5) is 0 Å². The quantitative estimate of drug-likeness (QED) is 0.724. The number of rotatable bonds is 8. The number of aliphatic hydroxyl groups excluding tert-OH is 1. The number of allylic oxidation sites excluding steroid dienone is 1. The van der Waals surface area contributed by atoms with Crippen LogP contribution in [0.25, 0.3) is 6.08 Å². The molecule has 2 fully saturated rings. The summed E-state index contributed by atoms with van der Waals surface area (Å²) < 4.78 is 0. The maximum Gasteiger partial charge on any atom is 0.223 e. The van der Waals surface area contributed by atoms with E-state index in [1.54, 1.807) is 0 Å². The summed E-state index contributed by atoms with van der Waals surface area (Å²) >= 11 is 0. The van der Waals surface area contributed by atoms with Crippen LogP contribution in [0.15, 0.2) is 60.7 Å². The molecule has 3 atom stereocenters. The Morgan fingerprint density at radius 3 is 2.45 bits per heavy atom. The van der Waals surface area contributed by atoms with E-state index in [0.717, 1.165) is 19.4 Å². The monoisotopic (exact) mass is 390 g/mol. The van der Waals surface area contributed by atoms with E-state index in [9.17, 15) is 9.90 Å². The van der Waals surface area contributed by atoms with Gasteiger partial charge in [0.05, 0.1) is 6.61 Å². The molecule has 1 aliphatic heterocycles. The van der Waals surface area contributed by atoms with E-state index in [1.807, 2.05) is 31.2 Å². The van der Waals surface area contributed by atoms with Gasteiger partial charge in [-0.25, -0.2) is 0 Å². The Hall–Kier alpha value is -2.43. The topological polar surface area (TPSA) is 52.6 Å². The van der Waals surface area contributed by atoms with Gasteiger partial charge in [0, 0.05) is 37.0 Å². The van der Waals surface area contributed by atoms with Gasteiger partial charge in [-0.15, -0.1) is 0 Å². The summed E-state index contributed by atoms with van der Waals surface area (Å²) in [4.78, 5) is 14.6. The van der Waals surface area contributed by atoms with Gasteiger partial charge in [-0.05, 0) is 36.5 Å². The third-order valence-corrected chi connectivity index (χ3v) is 6.19. The van der Waals surface area contributed by atoms with Crippen LogP contribution in [-0.2, 0) is 11.3 Å². The number of hydrogen-bond donors (Lipinski definition) is 2. The second-order valence-electron chi connectivity index (χ2n) is 8.19. The molecule has 0 spiro atoms. The summed E-state index contributed by atoms with van der Waals surface area (Å²) in [6.07, 6.45) is 6.15. The smallest absolute Gasteiger partial charge is 0.223 e. The van der Waals surface area contributed by atoms with Crippen molar-refractivity contribution in [3.05, 3.63) is 77.4 Å². The van der Waals surface area contributed by atoms with Gasteiger partial charge in [0.1, 0.15) is 0 Å². The average Bonchev–Trinajstić information content (AvgIpc) is 3.58. The third-order valence-electron chi connectivity index (χ3n) is 6.19. The molecule has 2 aromatic rings. The number of carbonyl (C=O) groups excluding carboxylic acids is 1. The number of nitrogens with zero attached hydrogens (tertiary/aromatic N) is 1. The van der Waals surface area contributed by atoms with Crippen LogP contribution in [0.5, 0.6) is 0 Å². The van der Waals surface area contributed by atoms with Crippen molar-refractivity contribution in [1.82, 2.24) is 10.2 Å². The van der Waals surface area contributed by atoms with Gasteiger partial charge >= 0.3 is 0 Å². The van der Waals surface area contributed by atoms with Crippen LogP contribution in [0.1, 0.15) is 42.4 Å². The highest BCUT2D eigenvalue weighted by atomic mass is 16.3. The lowest BCUT2D eigenvalue weighted by Crippen LogP contribution is -2.66. The Labute approximate surface area is 173 Å². The zero-order chi connectivity index (χ0) is 20.2. The lowest BCUT2D eigenvalue weighted by atomic mass is 9.74. The lowest BCUT2D eigenvalue weighted by molar-refractivity contribution is -0.123. The standard InChI is InChI=1S/C25H30N2O2/c1-2-6-18-9-11-20(12-10-18)24-22(15-26-25(29)21-13-14-21)27(23(24)17-28)16-19-7-4-3-5-8-19/h2-12,21-24,28H,13-17H2,1H3,(H,26,29)/b6-2+/t22-,23-,24-/m1/s1. The minimum Gasteiger partial charge on any atom is -0.395 e. The zero-order valence-corrected chi connectivity index (χ0v) is 17.0. The van der Waals surface area contributed by atoms with Gasteiger partial charge < -0.3 is 10.4 Å². The zero-order valence-electron chi connectivity index (χ0n) is 17.0. The van der Waals surface area contributed by atoms with Crippen molar-refractivity contribution in [3.8, 4) is 0 Å². The number of likely N-dealkylation sites (tertiary alicyclic amines) is 1. The van der Waals surface area contributed by atoms with Crippen LogP contribution < -0.4 is 5.32 Å². The number of aliphatic hydroxyl groups is 1. The highest BCUT2D eigenvalue weighted by Crippen LogP contribution is 2.41. The average molecular weight is 391 g/mol. The van der Waals surface area contributed by atoms with Crippen LogP contribution in [0, 0.1) is 5.92 Å². The first-order valence-electron chi connectivity index (χ1n) is 10.6. The molecule has 152 valence electrons. The van der Waals surface area contributed by atoms with Crippen molar-refractivity contribution >= 4 is 12.0 Å². The van der Waals surface area contributed by atoms with Crippen LogP contribution in [0.2, 0.25) is 0 Å². The first-order valence-corrected chi connectivity index (χ1v) is 10.6. The Morgan fingerprint density at radius 2 is 1.83 bits per heavy atom. The molecule has 4 heteroatoms. The molecule has 4 rings (SSSR count). The van der Waals surface area contributed by atoms with Crippen molar-refractivity contribution in [1.29, 1.82) is 0 Å². The van der Waals surface area contributed by atoms with Gasteiger partial charge in [-0.1, -0.05) is 66.7 Å². The maximum atomic E-state index is 12.2. The summed E-state index contributed by atoms with van der Waals surface area (Å²) in [5.74, 6) is 0.604. The molecule has 0 bridgehead atoms. The van der Waals surface area contributed by atoms with Crippen molar-refractivity contribution in [3.63, 3.8) is 0 Å². The Balaban J connectivity index is 1.54. The van der Waals surface area contributed by atoms with E-state index in [-0.39, 0.29) is 36.4 Å². The number of amides is 1. The molecule has 1 saturated carbocycles. The Bertz CT molecular complexity index is 843. The molecular weight excluding hydrogens is 360 g/mol. The largest absolute Gasteiger partial charge is 0.395 e. The van der Waals surface area contributed by atoms with Crippen molar-refractivity contribution < 1.29 is 9.90 Å². The summed E-state index contributed by atoms with van der Waals surface area (Å²) in [5, 5.41) is 13.3. The van der Waals surface area contributed by atoms with Crippen molar-refractivity contribution in [2.45, 2.75) is 44.3 Å². The molecular formula is C25H30N2O2. The predicted molar refractivity (Wildman–Crippen MR) is 116 cm³/mol. The molecule has 0 radical (unpaired) electrons. The summed E-state index contributed by atoms with van der Waals surface area (Å²) in [7, 11) is 0. The minimum atomic E-state index is 0.0607. The molecule has 1 amide bonds. The SMILES string of the molecule is C/C=C/c1ccc([C@H]2[C@@H](CO)N(Cc3ccccc3)[C@@H]2CNC(=O)C2CC2)cc1. The van der Waals surface area contributed by atoms with E-state index >= 15 is 0 Å². The second-order valence-corrected chi connectivity index (χ2v) is 8.19. The number of carbonyl (C=O) groups is 1. The van der Waals surface area contributed by atoms with Gasteiger partial charge in [-0.3, -0.25) is 9.69 Å². The molecule has 2 N–H and O–H groups in total. The predicted octanol–water partition coefficient (Wildman–Crippen LogP) is 3.57. The lowest BCUT2D eigenvalue weighted by Gasteiger charge is -2.55. The fourth-order valence-electron chi connectivity index (χ4n) is 4.47. The van der Waals surface area contributed by atoms with Gasteiger partial charge in [0.25, 0.3) is 0 Å². The van der Waals surface area contributed by atoms with Crippen LogP contribution in [0.3, 0.4) is 0 Å².